The van der Waals surface area contributed by atoms with E-state index in [-0.39, 0.29) is 46.7 Å². The van der Waals surface area contributed by atoms with Gasteiger partial charge in [-0.15, -0.1) is 0 Å². The highest BCUT2D eigenvalue weighted by molar-refractivity contribution is 7.94. The minimum Gasteiger partial charge on any atom is -0.463 e. The van der Waals surface area contributed by atoms with Crippen LogP contribution in [-0.4, -0.2) is 41.7 Å². The lowest BCUT2D eigenvalue weighted by Crippen LogP contribution is -2.04. The Morgan fingerprint density at radius 2 is 1.92 bits per heavy atom. The number of imidazole rings is 1. The minimum atomic E-state index is -3.61. The second kappa shape index (κ2) is 14.4. The van der Waals surface area contributed by atoms with Crippen molar-refractivity contribution in [1.82, 2.24) is 15.0 Å². The number of ether oxygens (including phenoxy) is 2. The number of H-pyrrole nitrogens is 2. The zero-order valence-corrected chi connectivity index (χ0v) is 27.2. The van der Waals surface area contributed by atoms with Crippen molar-refractivity contribution in [1.29, 1.82) is 0 Å². The van der Waals surface area contributed by atoms with E-state index in [1.54, 1.807) is 31.5 Å². The molecule has 0 fully saturated rings. The fourth-order valence-corrected chi connectivity index (χ4v) is 7.03. The first-order valence-corrected chi connectivity index (χ1v) is 17.6. The van der Waals surface area contributed by atoms with Gasteiger partial charge >= 0.3 is 5.97 Å². The zero-order chi connectivity index (χ0) is 33.7. The number of esters is 1. The molecule has 1 aliphatic rings. The molecule has 0 radical (unpaired) electrons. The highest BCUT2D eigenvalue weighted by Gasteiger charge is 2.21. The highest BCUT2D eigenvalue weighted by atomic mass is 32.2. The summed E-state index contributed by atoms with van der Waals surface area (Å²) >= 11 is 0. The Labute approximate surface area is 277 Å². The predicted molar refractivity (Wildman–Crippen MR) is 182 cm³/mol. The molecule has 3 aromatic carbocycles. The molecule has 8 nitrogen and oxygen atoms in total. The number of hydrogen-bond acceptors (Lipinski definition) is 6. The number of fused-ring (bicyclic) bond motifs is 8. The van der Waals surface area contributed by atoms with Crippen molar-refractivity contribution >= 4 is 38.9 Å². The maximum absolute atomic E-state index is 15.5. The molecule has 0 saturated heterocycles. The molecule has 248 valence electrons. The fraction of sp³-hybridized carbons (Fsp3) is 0.243. The van der Waals surface area contributed by atoms with Crippen LogP contribution in [0.1, 0.15) is 67.3 Å². The maximum atomic E-state index is 15.5. The first-order chi connectivity index (χ1) is 23.2. The van der Waals surface area contributed by atoms with Crippen LogP contribution in [0.5, 0.6) is 11.5 Å². The number of sulfone groups is 1. The largest absolute Gasteiger partial charge is 0.463 e. The molecular weight excluding hydrogens is 636 g/mol. The Hall–Kier alpha value is -5.03. The number of carbonyl (C=O) groups is 1. The number of halogens is 2. The zero-order valence-electron chi connectivity index (χ0n) is 26.3. The van der Waals surface area contributed by atoms with Gasteiger partial charge in [-0.05, 0) is 67.3 Å². The van der Waals surface area contributed by atoms with Crippen LogP contribution in [0.15, 0.2) is 78.5 Å². The quantitative estimate of drug-likeness (QED) is 0.146. The van der Waals surface area contributed by atoms with Crippen LogP contribution in [0.3, 0.4) is 0 Å². The van der Waals surface area contributed by atoms with E-state index in [0.717, 1.165) is 35.1 Å². The third-order valence-corrected chi connectivity index (χ3v) is 9.72. The van der Waals surface area contributed by atoms with Gasteiger partial charge in [-0.1, -0.05) is 43.5 Å². The summed E-state index contributed by atoms with van der Waals surface area (Å²) in [5.74, 6) is -1.64. The van der Waals surface area contributed by atoms with Gasteiger partial charge in [-0.3, -0.25) is 0 Å². The van der Waals surface area contributed by atoms with E-state index in [1.165, 1.54) is 36.4 Å². The average molecular weight is 672 g/mol. The molecule has 1 aliphatic heterocycles. The monoisotopic (exact) mass is 671 g/mol. The lowest BCUT2D eigenvalue weighted by atomic mass is 9.89. The third kappa shape index (κ3) is 7.57. The molecule has 5 aromatic rings. The van der Waals surface area contributed by atoms with Crippen LogP contribution in [0, 0.1) is 11.6 Å². The SMILES string of the molecule is CCOC(=O)/C=C/c1cccc(C2CCCCCCS(=O)(=O)/C=C\c3c(c(F)cc4[nH]ccc34)Oc3ccc(F)c(c3)-c3ncc2[nH]3)c1. The summed E-state index contributed by atoms with van der Waals surface area (Å²) in [5.41, 5.74) is 3.40. The lowest BCUT2D eigenvalue weighted by molar-refractivity contribution is -0.137. The second-order valence-electron chi connectivity index (χ2n) is 11.7. The minimum absolute atomic E-state index is 0.0468. The molecule has 0 amide bonds. The first-order valence-electron chi connectivity index (χ1n) is 15.9. The molecule has 6 rings (SSSR count). The summed E-state index contributed by atoms with van der Waals surface area (Å²) in [6.07, 6.45) is 11.2. The van der Waals surface area contributed by atoms with Gasteiger partial charge in [0.1, 0.15) is 17.4 Å². The second-order valence-corrected chi connectivity index (χ2v) is 13.7. The fourth-order valence-electron chi connectivity index (χ4n) is 5.95. The molecule has 0 aliphatic carbocycles. The van der Waals surface area contributed by atoms with Gasteiger partial charge in [0.05, 0.1) is 17.9 Å². The number of carbonyl (C=O) groups excluding carboxylic acids is 1. The summed E-state index contributed by atoms with van der Waals surface area (Å²) in [6, 6.07) is 14.8. The van der Waals surface area contributed by atoms with Gasteiger partial charge in [0, 0.05) is 58.0 Å². The van der Waals surface area contributed by atoms with Crippen molar-refractivity contribution < 1.29 is 31.5 Å². The van der Waals surface area contributed by atoms with Gasteiger partial charge in [0.25, 0.3) is 0 Å². The standard InChI is InChI=1S/C37H35F2N3O5S/c1-2-46-35(43)14-11-24-8-7-9-25(20-24)27-10-5-3-4-6-18-48(44,45)19-16-29-28-15-17-40-33(28)22-32(39)36(29)47-26-12-13-31(38)30(21-26)37-41-23-34(27)42-37/h7-9,11-17,19-23,27,40H,2-6,10,18H2,1H3,(H,41,42)/b14-11+,19-16-. The Balaban J connectivity index is 1.40. The highest BCUT2D eigenvalue weighted by Crippen LogP contribution is 2.38. The normalized spacial score (nSPS) is 17.5. The number of aromatic amines is 2. The van der Waals surface area contributed by atoms with Gasteiger partial charge in [0.2, 0.25) is 0 Å². The van der Waals surface area contributed by atoms with E-state index >= 15 is 8.78 Å². The van der Waals surface area contributed by atoms with Crippen molar-refractivity contribution in [3.63, 3.8) is 0 Å². The molecule has 0 spiro atoms. The molecule has 11 heteroatoms. The molecule has 0 saturated carbocycles. The summed E-state index contributed by atoms with van der Waals surface area (Å²) in [6.45, 7) is 2.03. The number of aromatic nitrogens is 3. The van der Waals surface area contributed by atoms with Crippen LogP contribution in [0.25, 0.3) is 34.4 Å². The molecule has 2 aromatic heterocycles. The van der Waals surface area contributed by atoms with Crippen LogP contribution in [0.2, 0.25) is 0 Å². The van der Waals surface area contributed by atoms with Gasteiger partial charge in [-0.25, -0.2) is 27.0 Å². The Kier molecular flexibility index (Phi) is 9.86. The lowest BCUT2D eigenvalue weighted by Gasteiger charge is -2.17. The summed E-state index contributed by atoms with van der Waals surface area (Å²) in [7, 11) is -3.61. The van der Waals surface area contributed by atoms with Gasteiger partial charge < -0.3 is 19.4 Å². The van der Waals surface area contributed by atoms with E-state index in [0.29, 0.717) is 30.2 Å². The van der Waals surface area contributed by atoms with Crippen molar-refractivity contribution in [2.45, 2.75) is 44.9 Å². The van der Waals surface area contributed by atoms with E-state index in [4.69, 9.17) is 9.47 Å². The molecule has 1 unspecified atom stereocenters. The van der Waals surface area contributed by atoms with Crippen LogP contribution < -0.4 is 4.74 Å². The Bertz CT molecular complexity index is 2120. The van der Waals surface area contributed by atoms with Crippen LogP contribution in [0.4, 0.5) is 8.78 Å². The summed E-state index contributed by atoms with van der Waals surface area (Å²) in [5, 5.41) is 1.68. The summed E-state index contributed by atoms with van der Waals surface area (Å²) < 4.78 is 67.8. The van der Waals surface area contributed by atoms with Crippen molar-refractivity contribution in [2.75, 3.05) is 12.4 Å². The number of hydrogen-bond donors (Lipinski definition) is 2. The molecule has 48 heavy (non-hydrogen) atoms. The first kappa shape index (κ1) is 32.9. The number of nitrogens with zero attached hydrogens (tertiary/aromatic N) is 1. The Morgan fingerprint density at radius 3 is 2.77 bits per heavy atom. The maximum Gasteiger partial charge on any atom is 0.330 e. The van der Waals surface area contributed by atoms with Gasteiger partial charge in [0.15, 0.2) is 21.4 Å². The van der Waals surface area contributed by atoms with Crippen LogP contribution in [-0.2, 0) is 19.4 Å². The van der Waals surface area contributed by atoms with Gasteiger partial charge in [-0.2, -0.15) is 0 Å². The summed E-state index contributed by atoms with van der Waals surface area (Å²) in [4.78, 5) is 22.7. The van der Waals surface area contributed by atoms with Crippen molar-refractivity contribution in [2.24, 2.45) is 0 Å². The number of nitrogens with one attached hydrogen (secondary N) is 2. The average Bonchev–Trinajstić information content (AvgIpc) is 3.74. The molecule has 1 atom stereocenters. The van der Waals surface area contributed by atoms with Crippen molar-refractivity contribution in [3.05, 3.63) is 112 Å². The van der Waals surface area contributed by atoms with Crippen molar-refractivity contribution in [3.8, 4) is 22.9 Å². The predicted octanol–water partition coefficient (Wildman–Crippen LogP) is 8.69. The van der Waals surface area contributed by atoms with E-state index in [9.17, 15) is 13.2 Å². The smallest absolute Gasteiger partial charge is 0.330 e. The van der Waals surface area contributed by atoms with Crippen LogP contribution >= 0.6 is 0 Å². The molecular formula is C37H35F2N3O5S. The van der Waals surface area contributed by atoms with E-state index in [1.807, 2.05) is 24.3 Å². The van der Waals surface area contributed by atoms with E-state index in [2.05, 4.69) is 15.0 Å². The molecule has 4 bridgehead atoms. The third-order valence-electron chi connectivity index (χ3n) is 8.31. The number of benzene rings is 3. The molecule has 3 heterocycles. The number of rotatable bonds is 4. The Morgan fingerprint density at radius 1 is 1.06 bits per heavy atom. The van der Waals surface area contributed by atoms with E-state index < -0.39 is 27.4 Å². The molecule has 2 N–H and O–H groups in total. The topological polar surface area (TPSA) is 114 Å².